The van der Waals surface area contributed by atoms with Gasteiger partial charge in [0.05, 0.1) is 11.6 Å². The van der Waals surface area contributed by atoms with Crippen molar-refractivity contribution < 1.29 is 5.11 Å². The van der Waals surface area contributed by atoms with Gasteiger partial charge in [-0.25, -0.2) is 0 Å². The second-order valence-electron chi connectivity index (χ2n) is 5.53. The van der Waals surface area contributed by atoms with Crippen molar-refractivity contribution in [2.75, 3.05) is 0 Å². The highest BCUT2D eigenvalue weighted by Gasteiger charge is 2.14. The largest absolute Gasteiger partial charge is 0.389 e. The van der Waals surface area contributed by atoms with Crippen LogP contribution in [0.4, 0.5) is 0 Å². The van der Waals surface area contributed by atoms with Gasteiger partial charge in [0.2, 0.25) is 0 Å². The molecule has 1 atom stereocenters. The number of hydrogen-bond acceptors (Lipinski definition) is 2. The topological polar surface area (TPSA) is 38.0 Å². The minimum atomic E-state index is -0.377. The molecule has 0 saturated carbocycles. The smallest absolute Gasteiger partial charge is 0.0765 e. The molecule has 2 heterocycles. The van der Waals surface area contributed by atoms with E-state index in [1.54, 1.807) is 0 Å². The van der Waals surface area contributed by atoms with Crippen molar-refractivity contribution in [3.63, 3.8) is 0 Å². The molecule has 1 aliphatic rings. The molecule has 0 spiro atoms. The minimum absolute atomic E-state index is 0.377. The molecule has 4 rings (SSSR count). The molecular formula is C17H16N2O. The summed E-state index contributed by atoms with van der Waals surface area (Å²) in [6.45, 7) is 2.16. The van der Waals surface area contributed by atoms with Crippen LogP contribution in [0.3, 0.4) is 0 Å². The van der Waals surface area contributed by atoms with Crippen molar-refractivity contribution in [1.82, 2.24) is 9.55 Å². The fourth-order valence-corrected chi connectivity index (χ4v) is 3.41. The lowest BCUT2D eigenvalue weighted by Crippen LogP contribution is -2.32. The van der Waals surface area contributed by atoms with E-state index in [-0.39, 0.29) is 6.10 Å². The van der Waals surface area contributed by atoms with Crippen LogP contribution in [0.2, 0.25) is 0 Å². The number of hydrogen-bond donors (Lipinski definition) is 1. The zero-order chi connectivity index (χ0) is 13.9. The third kappa shape index (κ3) is 1.41. The van der Waals surface area contributed by atoms with Crippen molar-refractivity contribution in [3.05, 3.63) is 40.7 Å². The predicted octanol–water partition coefficient (Wildman–Crippen LogP) is 1.36. The molecule has 2 aromatic heterocycles. The summed E-state index contributed by atoms with van der Waals surface area (Å²) >= 11 is 0. The summed E-state index contributed by atoms with van der Waals surface area (Å²) in [5.41, 5.74) is 2.52. The van der Waals surface area contributed by atoms with Gasteiger partial charge in [-0.3, -0.25) is 4.98 Å². The van der Waals surface area contributed by atoms with E-state index in [2.05, 4.69) is 41.7 Å². The summed E-state index contributed by atoms with van der Waals surface area (Å²) in [6, 6.07) is 4.25. The normalized spacial score (nSPS) is 17.9. The Kier molecular flexibility index (Phi) is 2.30. The predicted molar refractivity (Wildman–Crippen MR) is 81.8 cm³/mol. The Hall–Kier alpha value is -2.13. The standard InChI is InChI=1S/C17H16N2O/c1-10-13-5-6-18-9-11(13)7-15-14-8-12(20)3-4-16(14)19(2)17(10)15/h4-9,12,20H,3H2,1-2H3. The fraction of sp³-hybridized carbons (Fsp3) is 0.235. The van der Waals surface area contributed by atoms with E-state index in [0.717, 1.165) is 10.6 Å². The van der Waals surface area contributed by atoms with Gasteiger partial charge in [-0.2, -0.15) is 0 Å². The Labute approximate surface area is 116 Å². The lowest BCUT2D eigenvalue weighted by molar-refractivity contribution is 0.244. The third-order valence-corrected chi connectivity index (χ3v) is 4.34. The van der Waals surface area contributed by atoms with Crippen LogP contribution in [0.1, 0.15) is 12.0 Å². The summed E-state index contributed by atoms with van der Waals surface area (Å²) in [5.74, 6) is 0. The first kappa shape index (κ1) is 11.7. The minimum Gasteiger partial charge on any atom is -0.389 e. The van der Waals surface area contributed by atoms with Gasteiger partial charge in [-0.05, 0) is 42.5 Å². The van der Waals surface area contributed by atoms with Crippen LogP contribution in [0.25, 0.3) is 33.8 Å². The summed E-state index contributed by atoms with van der Waals surface area (Å²) in [4.78, 5) is 4.22. The van der Waals surface area contributed by atoms with Gasteiger partial charge in [-0.15, -0.1) is 0 Å². The summed E-state index contributed by atoms with van der Waals surface area (Å²) < 4.78 is 2.24. The number of aliphatic hydroxyl groups excluding tert-OH is 1. The second kappa shape index (κ2) is 3.93. The van der Waals surface area contributed by atoms with Crippen molar-refractivity contribution in [2.45, 2.75) is 19.4 Å². The molecule has 100 valence electrons. The summed E-state index contributed by atoms with van der Waals surface area (Å²) in [7, 11) is 2.10. The highest BCUT2D eigenvalue weighted by atomic mass is 16.3. The van der Waals surface area contributed by atoms with E-state index in [4.69, 9.17) is 0 Å². The maximum absolute atomic E-state index is 9.90. The molecule has 0 bridgehead atoms. The van der Waals surface area contributed by atoms with Crippen molar-refractivity contribution in [1.29, 1.82) is 0 Å². The molecule has 3 nitrogen and oxygen atoms in total. The Morgan fingerprint density at radius 3 is 3.05 bits per heavy atom. The first-order chi connectivity index (χ1) is 9.66. The SMILES string of the molecule is Cc1c2ccncc2cc2c3c(n(C)c12)=CCC(O)C=3. The second-order valence-corrected chi connectivity index (χ2v) is 5.53. The van der Waals surface area contributed by atoms with E-state index >= 15 is 0 Å². The van der Waals surface area contributed by atoms with Gasteiger partial charge in [-0.1, -0.05) is 6.08 Å². The number of pyridine rings is 1. The first-order valence-electron chi connectivity index (χ1n) is 6.88. The summed E-state index contributed by atoms with van der Waals surface area (Å²) in [6.07, 6.45) is 8.16. The lowest BCUT2D eigenvalue weighted by atomic mass is 10.0. The van der Waals surface area contributed by atoms with Crippen LogP contribution in [-0.2, 0) is 7.05 Å². The number of aromatic nitrogens is 2. The number of rotatable bonds is 0. The van der Waals surface area contributed by atoms with Crippen LogP contribution in [0, 0.1) is 6.92 Å². The van der Waals surface area contributed by atoms with Crippen molar-refractivity contribution in [3.8, 4) is 0 Å². The number of fused-ring (bicyclic) bond motifs is 4. The molecule has 1 aromatic carbocycles. The Morgan fingerprint density at radius 1 is 1.35 bits per heavy atom. The van der Waals surface area contributed by atoms with Gasteiger partial charge in [0.15, 0.2) is 0 Å². The van der Waals surface area contributed by atoms with Crippen molar-refractivity contribution >= 4 is 33.8 Å². The average Bonchev–Trinajstić information content (AvgIpc) is 2.72. The van der Waals surface area contributed by atoms with Crippen LogP contribution in [-0.4, -0.2) is 20.8 Å². The summed E-state index contributed by atoms with van der Waals surface area (Å²) in [5, 5.41) is 15.9. The third-order valence-electron chi connectivity index (χ3n) is 4.34. The first-order valence-corrected chi connectivity index (χ1v) is 6.88. The molecule has 0 amide bonds. The molecule has 0 aliphatic heterocycles. The molecular weight excluding hydrogens is 248 g/mol. The highest BCUT2D eigenvalue weighted by molar-refractivity contribution is 6.01. The van der Waals surface area contributed by atoms with Crippen LogP contribution >= 0.6 is 0 Å². The van der Waals surface area contributed by atoms with Crippen LogP contribution in [0.5, 0.6) is 0 Å². The van der Waals surface area contributed by atoms with Gasteiger partial charge in [0.1, 0.15) is 0 Å². The Bertz CT molecular complexity index is 966. The zero-order valence-electron chi connectivity index (χ0n) is 11.6. The van der Waals surface area contributed by atoms with E-state index in [9.17, 15) is 5.11 Å². The molecule has 3 aromatic rings. The number of aliphatic hydroxyl groups is 1. The maximum Gasteiger partial charge on any atom is 0.0765 e. The van der Waals surface area contributed by atoms with Crippen molar-refractivity contribution in [2.24, 2.45) is 7.05 Å². The van der Waals surface area contributed by atoms with Gasteiger partial charge in [0, 0.05) is 40.8 Å². The molecule has 1 aliphatic carbocycles. The molecule has 0 radical (unpaired) electrons. The van der Waals surface area contributed by atoms with Gasteiger partial charge in [0.25, 0.3) is 0 Å². The quantitative estimate of drug-likeness (QED) is 0.666. The van der Waals surface area contributed by atoms with E-state index < -0.39 is 0 Å². The fourth-order valence-electron chi connectivity index (χ4n) is 3.41. The Balaban J connectivity index is 2.33. The number of benzene rings is 1. The van der Waals surface area contributed by atoms with Gasteiger partial charge >= 0.3 is 0 Å². The molecule has 0 fully saturated rings. The van der Waals surface area contributed by atoms with E-state index in [0.29, 0.717) is 6.42 Å². The maximum atomic E-state index is 9.90. The van der Waals surface area contributed by atoms with E-state index in [1.165, 1.54) is 27.2 Å². The monoisotopic (exact) mass is 264 g/mol. The molecule has 1 N–H and O–H groups in total. The van der Waals surface area contributed by atoms with Gasteiger partial charge < -0.3 is 9.67 Å². The molecule has 0 saturated heterocycles. The number of aryl methyl sites for hydroxylation is 2. The zero-order valence-corrected chi connectivity index (χ0v) is 11.6. The van der Waals surface area contributed by atoms with E-state index in [1.807, 2.05) is 18.5 Å². The highest BCUT2D eigenvalue weighted by Crippen LogP contribution is 2.25. The molecule has 20 heavy (non-hydrogen) atoms. The average molecular weight is 264 g/mol. The lowest BCUT2D eigenvalue weighted by Gasteiger charge is -2.06. The van der Waals surface area contributed by atoms with Crippen LogP contribution < -0.4 is 10.6 Å². The van der Waals surface area contributed by atoms with Crippen LogP contribution in [0.15, 0.2) is 24.5 Å². The molecule has 3 heteroatoms. The Morgan fingerprint density at radius 2 is 2.20 bits per heavy atom. The number of nitrogens with zero attached hydrogens (tertiary/aromatic N) is 2. The molecule has 1 unspecified atom stereocenters.